The van der Waals surface area contributed by atoms with Gasteiger partial charge in [0.25, 0.3) is 5.91 Å². The lowest BCUT2D eigenvalue weighted by Crippen LogP contribution is -2.63. The Balaban J connectivity index is 1.78. The van der Waals surface area contributed by atoms with Crippen LogP contribution in [0.25, 0.3) is 0 Å². The molecule has 0 saturated carbocycles. The average Bonchev–Trinajstić information content (AvgIpc) is 2.69. The number of piperazine rings is 1. The number of hydrogen-bond donors (Lipinski definition) is 2. The van der Waals surface area contributed by atoms with E-state index in [4.69, 9.17) is 0 Å². The van der Waals surface area contributed by atoms with E-state index in [0.29, 0.717) is 19.5 Å². The van der Waals surface area contributed by atoms with E-state index in [2.05, 4.69) is 20.6 Å². The first-order valence-corrected chi connectivity index (χ1v) is 8.88. The fourth-order valence-electron chi connectivity index (χ4n) is 3.27. The molecule has 144 valence electrons. The largest absolute Gasteiger partial charge is 0.354 e. The van der Waals surface area contributed by atoms with Crippen LogP contribution in [-0.4, -0.2) is 81.7 Å². The van der Waals surface area contributed by atoms with Gasteiger partial charge in [-0.25, -0.2) is 4.98 Å². The van der Waals surface area contributed by atoms with Crippen LogP contribution in [0.3, 0.4) is 0 Å². The molecule has 1 aromatic heterocycles. The Morgan fingerprint density at radius 2 is 2.07 bits per heavy atom. The second kappa shape index (κ2) is 8.11. The smallest absolute Gasteiger partial charge is 0.274 e. The molecule has 10 heteroatoms. The first-order valence-electron chi connectivity index (χ1n) is 8.88. The van der Waals surface area contributed by atoms with Crippen LogP contribution in [0.15, 0.2) is 18.6 Å². The Kier molecular flexibility index (Phi) is 5.63. The zero-order valence-electron chi connectivity index (χ0n) is 15.1. The summed E-state index contributed by atoms with van der Waals surface area (Å²) in [5.41, 5.74) is 0.127. The highest BCUT2D eigenvalue weighted by molar-refractivity contribution is 5.97. The Bertz CT molecular complexity index is 740. The van der Waals surface area contributed by atoms with Crippen LogP contribution in [0, 0.1) is 0 Å². The standard InChI is InChI=1S/C17H22N6O4/c1-11(24)22-7-8-23(17(27)13-9-18-5-6-19-13)14(10-22)16(26)21-12-3-2-4-20-15(12)25/h5-6,9,12,14H,2-4,7-8,10H2,1H3,(H,20,25)(H,21,26)/t12-,14-/m0/s1. The lowest BCUT2D eigenvalue weighted by Gasteiger charge is -2.40. The van der Waals surface area contributed by atoms with E-state index in [9.17, 15) is 19.2 Å². The summed E-state index contributed by atoms with van der Waals surface area (Å²) in [6, 6.07) is -1.53. The molecule has 2 aliphatic heterocycles. The molecule has 2 N–H and O–H groups in total. The van der Waals surface area contributed by atoms with Crippen molar-refractivity contribution in [2.24, 2.45) is 0 Å². The van der Waals surface area contributed by atoms with Crippen molar-refractivity contribution in [3.05, 3.63) is 24.3 Å². The van der Waals surface area contributed by atoms with Gasteiger partial charge in [0.1, 0.15) is 17.8 Å². The summed E-state index contributed by atoms with van der Waals surface area (Å²) in [5, 5.41) is 5.43. The minimum atomic E-state index is -0.896. The minimum absolute atomic E-state index is 0.0709. The number of carbonyl (C=O) groups is 4. The van der Waals surface area contributed by atoms with Crippen LogP contribution in [0.5, 0.6) is 0 Å². The van der Waals surface area contributed by atoms with Crippen molar-refractivity contribution >= 4 is 23.6 Å². The highest BCUT2D eigenvalue weighted by Gasteiger charge is 2.38. The predicted molar refractivity (Wildman–Crippen MR) is 93.3 cm³/mol. The van der Waals surface area contributed by atoms with E-state index in [-0.39, 0.29) is 30.6 Å². The maximum absolute atomic E-state index is 12.9. The number of carbonyl (C=O) groups excluding carboxylic acids is 4. The molecular weight excluding hydrogens is 352 g/mol. The summed E-state index contributed by atoms with van der Waals surface area (Å²) in [6.45, 7) is 2.61. The third-order valence-corrected chi connectivity index (χ3v) is 4.77. The van der Waals surface area contributed by atoms with E-state index in [1.807, 2.05) is 0 Å². The summed E-state index contributed by atoms with van der Waals surface area (Å²) in [4.78, 5) is 60.2. The summed E-state index contributed by atoms with van der Waals surface area (Å²) >= 11 is 0. The van der Waals surface area contributed by atoms with Crippen LogP contribution < -0.4 is 10.6 Å². The Hall–Kier alpha value is -3.04. The third kappa shape index (κ3) is 4.21. The van der Waals surface area contributed by atoms with Gasteiger partial charge in [0.2, 0.25) is 17.7 Å². The van der Waals surface area contributed by atoms with Gasteiger partial charge in [-0.05, 0) is 12.8 Å². The summed E-state index contributed by atoms with van der Waals surface area (Å²) in [6.07, 6.45) is 5.50. The van der Waals surface area contributed by atoms with E-state index < -0.39 is 23.9 Å². The van der Waals surface area contributed by atoms with Gasteiger partial charge < -0.3 is 20.4 Å². The van der Waals surface area contributed by atoms with Crippen LogP contribution in [0.1, 0.15) is 30.3 Å². The van der Waals surface area contributed by atoms with Crippen molar-refractivity contribution in [2.75, 3.05) is 26.2 Å². The Morgan fingerprint density at radius 3 is 2.74 bits per heavy atom. The zero-order chi connectivity index (χ0) is 19.4. The van der Waals surface area contributed by atoms with E-state index in [1.165, 1.54) is 35.3 Å². The van der Waals surface area contributed by atoms with E-state index in [1.54, 1.807) is 0 Å². The normalized spacial score (nSPS) is 22.8. The molecule has 2 fully saturated rings. The van der Waals surface area contributed by atoms with Crippen molar-refractivity contribution < 1.29 is 19.2 Å². The van der Waals surface area contributed by atoms with Gasteiger partial charge in [-0.15, -0.1) is 0 Å². The molecule has 10 nitrogen and oxygen atoms in total. The molecule has 2 aliphatic rings. The summed E-state index contributed by atoms with van der Waals surface area (Å²) < 4.78 is 0. The maximum atomic E-state index is 12.9. The molecule has 3 heterocycles. The van der Waals surface area contributed by atoms with Gasteiger partial charge in [-0.3, -0.25) is 24.2 Å². The minimum Gasteiger partial charge on any atom is -0.354 e. The number of nitrogens with zero attached hydrogens (tertiary/aromatic N) is 4. The van der Waals surface area contributed by atoms with Crippen molar-refractivity contribution in [1.82, 2.24) is 30.4 Å². The third-order valence-electron chi connectivity index (χ3n) is 4.77. The van der Waals surface area contributed by atoms with Crippen LogP contribution >= 0.6 is 0 Å². The van der Waals surface area contributed by atoms with Crippen LogP contribution in [0.4, 0.5) is 0 Å². The lowest BCUT2D eigenvalue weighted by atomic mass is 10.0. The molecule has 1 aromatic rings. The van der Waals surface area contributed by atoms with E-state index >= 15 is 0 Å². The molecule has 0 spiro atoms. The molecule has 0 radical (unpaired) electrons. The maximum Gasteiger partial charge on any atom is 0.274 e. The van der Waals surface area contributed by atoms with Gasteiger partial charge in [-0.2, -0.15) is 0 Å². The predicted octanol–water partition coefficient (Wildman–Crippen LogP) is -1.46. The van der Waals surface area contributed by atoms with Crippen molar-refractivity contribution in [1.29, 1.82) is 0 Å². The number of nitrogens with one attached hydrogen (secondary N) is 2. The van der Waals surface area contributed by atoms with Gasteiger partial charge >= 0.3 is 0 Å². The van der Waals surface area contributed by atoms with Gasteiger partial charge in [0, 0.05) is 39.0 Å². The molecule has 0 aromatic carbocycles. The number of rotatable bonds is 3. The van der Waals surface area contributed by atoms with Gasteiger partial charge in [-0.1, -0.05) is 0 Å². The SMILES string of the molecule is CC(=O)N1CCN(C(=O)c2cnccn2)[C@H](C(=O)N[C@H]2CCCNC2=O)C1. The van der Waals surface area contributed by atoms with Crippen LogP contribution in [-0.2, 0) is 14.4 Å². The fourth-order valence-corrected chi connectivity index (χ4v) is 3.27. The van der Waals surface area contributed by atoms with E-state index in [0.717, 1.165) is 6.42 Å². The van der Waals surface area contributed by atoms with Gasteiger partial charge in [0.15, 0.2) is 0 Å². The first-order chi connectivity index (χ1) is 13.0. The molecule has 27 heavy (non-hydrogen) atoms. The number of amides is 4. The van der Waals surface area contributed by atoms with Crippen LogP contribution in [0.2, 0.25) is 0 Å². The zero-order valence-corrected chi connectivity index (χ0v) is 15.1. The highest BCUT2D eigenvalue weighted by atomic mass is 16.2. The fraction of sp³-hybridized carbons (Fsp3) is 0.529. The molecule has 0 unspecified atom stereocenters. The second-order valence-electron chi connectivity index (χ2n) is 6.56. The monoisotopic (exact) mass is 374 g/mol. The van der Waals surface area contributed by atoms with Gasteiger partial charge in [0.05, 0.1) is 12.7 Å². The quantitative estimate of drug-likeness (QED) is 0.667. The molecule has 0 aliphatic carbocycles. The van der Waals surface area contributed by atoms with Crippen molar-refractivity contribution in [3.63, 3.8) is 0 Å². The molecule has 3 rings (SSSR count). The lowest BCUT2D eigenvalue weighted by molar-refractivity contribution is -0.137. The molecular formula is C17H22N6O4. The average molecular weight is 374 g/mol. The Morgan fingerprint density at radius 1 is 1.26 bits per heavy atom. The topological polar surface area (TPSA) is 125 Å². The summed E-state index contributed by atoms with van der Waals surface area (Å²) in [7, 11) is 0. The molecule has 0 bridgehead atoms. The number of aromatic nitrogens is 2. The highest BCUT2D eigenvalue weighted by Crippen LogP contribution is 2.15. The summed E-state index contributed by atoms with van der Waals surface area (Å²) in [5.74, 6) is -1.30. The number of piperidine rings is 1. The second-order valence-corrected chi connectivity index (χ2v) is 6.56. The Labute approximate surface area is 156 Å². The molecule has 2 atom stereocenters. The molecule has 4 amide bonds. The number of hydrogen-bond acceptors (Lipinski definition) is 6. The first kappa shape index (κ1) is 18.7. The van der Waals surface area contributed by atoms with Crippen molar-refractivity contribution in [3.8, 4) is 0 Å². The molecule has 2 saturated heterocycles. The van der Waals surface area contributed by atoms with Crippen molar-refractivity contribution in [2.45, 2.75) is 31.8 Å².